The summed E-state index contributed by atoms with van der Waals surface area (Å²) in [5.41, 5.74) is 1.34. The lowest BCUT2D eigenvalue weighted by Crippen LogP contribution is -2.36. The molecular weight excluding hydrogens is 186 g/mol. The van der Waals surface area contributed by atoms with Crippen LogP contribution in [0.5, 0.6) is 0 Å². The number of nitrogens with zero attached hydrogens (tertiary/aromatic N) is 1. The zero-order chi connectivity index (χ0) is 10.1. The molecule has 0 aromatic carbocycles. The molecule has 0 bridgehead atoms. The Morgan fingerprint density at radius 3 is 2.77 bits per heavy atom. The molecule has 1 heterocycles. The van der Waals surface area contributed by atoms with Crippen LogP contribution in [0.25, 0.3) is 0 Å². The molecule has 0 atom stereocenters. The molecule has 0 saturated heterocycles. The number of thioether (sulfide) groups is 1. The highest BCUT2D eigenvalue weighted by atomic mass is 32.2. The van der Waals surface area contributed by atoms with E-state index in [1.165, 1.54) is 7.11 Å². The van der Waals surface area contributed by atoms with Gasteiger partial charge in [-0.25, -0.2) is 9.79 Å². The average Bonchev–Trinajstić information content (AvgIpc) is 2.08. The highest BCUT2D eigenvalue weighted by Crippen LogP contribution is 2.33. The first-order chi connectivity index (χ1) is 5.97. The SMILES string of the molecule is COC(=O)C1=NC(C)=CSC1(C)C. The summed E-state index contributed by atoms with van der Waals surface area (Å²) in [7, 11) is 1.37. The second-order valence-corrected chi connectivity index (χ2v) is 4.83. The van der Waals surface area contributed by atoms with Crippen LogP contribution in [0.3, 0.4) is 0 Å². The van der Waals surface area contributed by atoms with E-state index < -0.39 is 0 Å². The van der Waals surface area contributed by atoms with Gasteiger partial charge in [-0.3, -0.25) is 0 Å². The van der Waals surface area contributed by atoms with Gasteiger partial charge in [0.2, 0.25) is 0 Å². The Morgan fingerprint density at radius 2 is 2.23 bits per heavy atom. The fourth-order valence-corrected chi connectivity index (χ4v) is 1.77. The summed E-state index contributed by atoms with van der Waals surface area (Å²) in [5.74, 6) is -0.343. The molecule has 13 heavy (non-hydrogen) atoms. The molecule has 3 nitrogen and oxygen atoms in total. The summed E-state index contributed by atoms with van der Waals surface area (Å²) in [6, 6.07) is 0. The van der Waals surface area contributed by atoms with Gasteiger partial charge in [0.15, 0.2) is 0 Å². The zero-order valence-corrected chi connectivity index (χ0v) is 9.07. The van der Waals surface area contributed by atoms with Crippen molar-refractivity contribution in [2.45, 2.75) is 25.5 Å². The van der Waals surface area contributed by atoms with Crippen LogP contribution < -0.4 is 0 Å². The number of aliphatic imine (C=N–C) groups is 1. The Morgan fingerprint density at radius 1 is 1.62 bits per heavy atom. The Balaban J connectivity index is 3.01. The summed E-state index contributed by atoms with van der Waals surface area (Å²) in [6.07, 6.45) is 0. The van der Waals surface area contributed by atoms with Crippen molar-refractivity contribution in [2.75, 3.05) is 7.11 Å². The molecule has 4 heteroatoms. The number of carbonyl (C=O) groups excluding carboxylic acids is 1. The largest absolute Gasteiger partial charge is 0.464 e. The predicted molar refractivity (Wildman–Crippen MR) is 54.9 cm³/mol. The van der Waals surface area contributed by atoms with Crippen molar-refractivity contribution in [3.63, 3.8) is 0 Å². The van der Waals surface area contributed by atoms with E-state index in [-0.39, 0.29) is 10.7 Å². The van der Waals surface area contributed by atoms with Gasteiger partial charge in [0.05, 0.1) is 11.9 Å². The molecule has 0 aromatic rings. The molecule has 0 N–H and O–H groups in total. The van der Waals surface area contributed by atoms with Crippen LogP contribution in [0.1, 0.15) is 20.8 Å². The quantitative estimate of drug-likeness (QED) is 0.606. The lowest BCUT2D eigenvalue weighted by Gasteiger charge is -2.25. The van der Waals surface area contributed by atoms with E-state index in [0.717, 1.165) is 5.70 Å². The van der Waals surface area contributed by atoms with E-state index in [1.54, 1.807) is 11.8 Å². The molecule has 1 aliphatic heterocycles. The van der Waals surface area contributed by atoms with Gasteiger partial charge in [-0.1, -0.05) is 0 Å². The van der Waals surface area contributed by atoms with Crippen molar-refractivity contribution in [1.82, 2.24) is 0 Å². The summed E-state index contributed by atoms with van der Waals surface area (Å²) in [6.45, 7) is 5.78. The predicted octanol–water partition coefficient (Wildman–Crippen LogP) is 1.99. The maximum absolute atomic E-state index is 11.3. The molecule has 0 spiro atoms. The number of carbonyl (C=O) groups is 1. The third-order valence-corrected chi connectivity index (χ3v) is 3.00. The number of methoxy groups -OCH3 is 1. The minimum atomic E-state index is -0.343. The van der Waals surface area contributed by atoms with Gasteiger partial charge in [-0.15, -0.1) is 11.8 Å². The van der Waals surface area contributed by atoms with Crippen LogP contribution in [-0.2, 0) is 9.53 Å². The number of ether oxygens (including phenoxy) is 1. The topological polar surface area (TPSA) is 38.7 Å². The minimum absolute atomic E-state index is 0.285. The van der Waals surface area contributed by atoms with Crippen molar-refractivity contribution in [2.24, 2.45) is 4.99 Å². The van der Waals surface area contributed by atoms with Crippen molar-refractivity contribution in [3.05, 3.63) is 11.1 Å². The maximum Gasteiger partial charge on any atom is 0.353 e. The van der Waals surface area contributed by atoms with Crippen LogP contribution in [0.15, 0.2) is 16.1 Å². The Bertz CT molecular complexity index is 292. The van der Waals surface area contributed by atoms with Gasteiger partial charge in [-0.2, -0.15) is 0 Å². The van der Waals surface area contributed by atoms with Crippen LogP contribution >= 0.6 is 11.8 Å². The molecule has 1 rings (SSSR count). The van der Waals surface area contributed by atoms with Crippen LogP contribution in [-0.4, -0.2) is 23.5 Å². The van der Waals surface area contributed by atoms with Crippen molar-refractivity contribution in [3.8, 4) is 0 Å². The number of rotatable bonds is 1. The number of esters is 1. The maximum atomic E-state index is 11.3. The lowest BCUT2D eigenvalue weighted by atomic mass is 10.1. The normalized spacial score (nSPS) is 20.3. The first-order valence-electron chi connectivity index (χ1n) is 3.99. The van der Waals surface area contributed by atoms with Gasteiger partial charge in [0.1, 0.15) is 5.71 Å². The van der Waals surface area contributed by atoms with Crippen LogP contribution in [0.2, 0.25) is 0 Å². The van der Waals surface area contributed by atoms with E-state index in [4.69, 9.17) is 0 Å². The molecule has 0 aromatic heterocycles. The summed E-state index contributed by atoms with van der Waals surface area (Å²) < 4.78 is 4.38. The Hall–Kier alpha value is -0.770. The molecule has 0 aliphatic carbocycles. The Labute approximate surface area is 82.3 Å². The number of allylic oxidation sites excluding steroid dienone is 1. The van der Waals surface area contributed by atoms with Crippen molar-refractivity contribution >= 4 is 23.4 Å². The first kappa shape index (κ1) is 10.3. The third-order valence-electron chi connectivity index (χ3n) is 1.76. The van der Waals surface area contributed by atoms with Gasteiger partial charge in [0, 0.05) is 5.70 Å². The van der Waals surface area contributed by atoms with Gasteiger partial charge in [0.25, 0.3) is 0 Å². The minimum Gasteiger partial charge on any atom is -0.464 e. The van der Waals surface area contributed by atoms with Crippen LogP contribution in [0, 0.1) is 0 Å². The first-order valence-corrected chi connectivity index (χ1v) is 4.87. The molecule has 72 valence electrons. The molecule has 0 amide bonds. The summed E-state index contributed by atoms with van der Waals surface area (Å²) >= 11 is 1.59. The zero-order valence-electron chi connectivity index (χ0n) is 8.25. The molecular formula is C9H13NO2S. The Kier molecular flexibility index (Phi) is 2.81. The number of hydrogen-bond donors (Lipinski definition) is 0. The summed E-state index contributed by atoms with van der Waals surface area (Å²) in [5, 5.41) is 1.95. The molecule has 0 saturated carbocycles. The van der Waals surface area contributed by atoms with E-state index in [9.17, 15) is 4.79 Å². The molecule has 0 radical (unpaired) electrons. The van der Waals surface area contributed by atoms with Gasteiger partial charge >= 0.3 is 5.97 Å². The number of hydrogen-bond acceptors (Lipinski definition) is 4. The molecule has 1 aliphatic rings. The monoisotopic (exact) mass is 199 g/mol. The third kappa shape index (κ3) is 2.12. The van der Waals surface area contributed by atoms with Crippen molar-refractivity contribution < 1.29 is 9.53 Å². The van der Waals surface area contributed by atoms with E-state index in [2.05, 4.69) is 9.73 Å². The van der Waals surface area contributed by atoms with Gasteiger partial charge < -0.3 is 4.74 Å². The standard InChI is InChI=1S/C9H13NO2S/c1-6-5-13-9(2,3)7(10-6)8(11)12-4/h5H,1-4H3. The lowest BCUT2D eigenvalue weighted by molar-refractivity contribution is -0.132. The fourth-order valence-electron chi connectivity index (χ4n) is 1.01. The fraction of sp³-hybridized carbons (Fsp3) is 0.556. The van der Waals surface area contributed by atoms with E-state index in [1.807, 2.05) is 26.2 Å². The highest BCUT2D eigenvalue weighted by Gasteiger charge is 2.33. The smallest absolute Gasteiger partial charge is 0.353 e. The van der Waals surface area contributed by atoms with Crippen LogP contribution in [0.4, 0.5) is 0 Å². The second kappa shape index (κ2) is 3.54. The van der Waals surface area contributed by atoms with E-state index in [0.29, 0.717) is 5.71 Å². The highest BCUT2D eigenvalue weighted by molar-refractivity contribution is 8.04. The average molecular weight is 199 g/mol. The molecule has 0 unspecified atom stereocenters. The van der Waals surface area contributed by atoms with Gasteiger partial charge in [-0.05, 0) is 26.2 Å². The summed E-state index contributed by atoms with van der Waals surface area (Å²) in [4.78, 5) is 15.5. The van der Waals surface area contributed by atoms with Crippen molar-refractivity contribution in [1.29, 1.82) is 0 Å². The second-order valence-electron chi connectivity index (χ2n) is 3.34. The molecule has 0 fully saturated rings. The van der Waals surface area contributed by atoms with E-state index >= 15 is 0 Å².